The molecule has 0 unspecified atom stereocenters. The summed E-state index contributed by atoms with van der Waals surface area (Å²) in [5, 5.41) is 11.5. The van der Waals surface area contributed by atoms with E-state index in [1.54, 1.807) is 13.1 Å². The lowest BCUT2D eigenvalue weighted by Gasteiger charge is -2.12. The fourth-order valence-electron chi connectivity index (χ4n) is 3.05. The average molecular weight is 401 g/mol. The molecule has 0 aliphatic heterocycles. The molecule has 0 radical (unpaired) electrons. The normalized spacial score (nSPS) is 10.9. The number of hydrogen-bond acceptors (Lipinski definition) is 7. The number of nitrogens with zero attached hydrogens (tertiary/aromatic N) is 4. The number of esters is 1. The van der Waals surface area contributed by atoms with Gasteiger partial charge in [-0.05, 0) is 25.8 Å². The number of carbonyl (C=O) groups is 1. The molecule has 3 aromatic rings. The van der Waals surface area contributed by atoms with Crippen LogP contribution in [-0.2, 0) is 16.1 Å². The summed E-state index contributed by atoms with van der Waals surface area (Å²) >= 11 is 0. The Balaban J connectivity index is 2.02. The number of aromatic nitrogens is 4. The van der Waals surface area contributed by atoms with Gasteiger partial charge in [-0.3, -0.25) is 24.5 Å². The highest BCUT2D eigenvalue weighted by molar-refractivity contribution is 5.82. The van der Waals surface area contributed by atoms with Gasteiger partial charge in [0.1, 0.15) is 5.69 Å². The molecule has 1 N–H and O–H groups in total. The Bertz CT molecular complexity index is 1160. The number of nitrogens with one attached hydrogen (secondary N) is 1. The summed E-state index contributed by atoms with van der Waals surface area (Å²) in [6.45, 7) is 2.20. The highest BCUT2D eigenvalue weighted by atomic mass is 16.6. The fraction of sp³-hybridized carbons (Fsp3) is 0.333. The van der Waals surface area contributed by atoms with Crippen molar-refractivity contribution in [3.05, 3.63) is 61.7 Å². The van der Waals surface area contributed by atoms with E-state index in [-0.39, 0.29) is 35.8 Å². The van der Waals surface area contributed by atoms with Gasteiger partial charge in [0.15, 0.2) is 0 Å². The van der Waals surface area contributed by atoms with Crippen molar-refractivity contribution >= 4 is 22.7 Å². The first-order chi connectivity index (χ1) is 13.9. The van der Waals surface area contributed by atoms with E-state index in [1.807, 2.05) is 0 Å². The molecule has 2 aromatic heterocycles. The highest BCUT2D eigenvalue weighted by Crippen LogP contribution is 2.27. The van der Waals surface area contributed by atoms with Crippen LogP contribution in [0.15, 0.2) is 40.4 Å². The molecule has 1 aromatic carbocycles. The molecule has 0 fully saturated rings. The maximum atomic E-state index is 12.4. The Kier molecular flexibility index (Phi) is 5.86. The number of fused-ring (bicyclic) bond motifs is 1. The minimum absolute atomic E-state index is 0.176. The second kappa shape index (κ2) is 8.50. The van der Waals surface area contributed by atoms with Crippen molar-refractivity contribution in [2.24, 2.45) is 0 Å². The maximum Gasteiger partial charge on any atom is 0.316 e. The lowest BCUT2D eigenvalue weighted by atomic mass is 10.2. The Hall–Kier alpha value is -3.76. The molecule has 11 nitrogen and oxygen atoms in total. The summed E-state index contributed by atoms with van der Waals surface area (Å²) in [4.78, 5) is 53.1. The third kappa shape index (κ3) is 4.23. The maximum absolute atomic E-state index is 12.4. The predicted octanol–water partition coefficient (Wildman–Crippen LogP) is 1.52. The summed E-state index contributed by atoms with van der Waals surface area (Å²) in [5.74, 6) is -0.325. The Morgan fingerprint density at radius 1 is 1.31 bits per heavy atom. The van der Waals surface area contributed by atoms with Crippen LogP contribution in [0, 0.1) is 10.1 Å². The Morgan fingerprint density at radius 3 is 2.76 bits per heavy atom. The predicted molar refractivity (Wildman–Crippen MR) is 103 cm³/mol. The van der Waals surface area contributed by atoms with E-state index in [2.05, 4.69) is 9.97 Å². The van der Waals surface area contributed by atoms with Gasteiger partial charge in [0.2, 0.25) is 0 Å². The summed E-state index contributed by atoms with van der Waals surface area (Å²) < 4.78 is 7.59. The number of aryl methyl sites for hydroxylation is 1. The number of carbonyl (C=O) groups excluding carboxylic acids is 1. The number of aromatic amines is 1. The first kappa shape index (κ1) is 20.0. The zero-order valence-corrected chi connectivity index (χ0v) is 15.7. The second-order valence-corrected chi connectivity index (χ2v) is 6.26. The quantitative estimate of drug-likeness (QED) is 0.198. The number of H-pyrrole nitrogens is 1. The monoisotopic (exact) mass is 401 g/mol. The van der Waals surface area contributed by atoms with Crippen molar-refractivity contribution in [1.82, 2.24) is 19.1 Å². The summed E-state index contributed by atoms with van der Waals surface area (Å²) in [7, 11) is 0. The molecule has 0 amide bonds. The van der Waals surface area contributed by atoms with Crippen molar-refractivity contribution in [3.63, 3.8) is 0 Å². The van der Waals surface area contributed by atoms with Gasteiger partial charge in [0.25, 0.3) is 5.69 Å². The van der Waals surface area contributed by atoms with E-state index < -0.39 is 16.0 Å². The zero-order valence-electron chi connectivity index (χ0n) is 15.7. The Morgan fingerprint density at radius 2 is 2.10 bits per heavy atom. The van der Waals surface area contributed by atoms with Gasteiger partial charge in [-0.15, -0.1) is 0 Å². The van der Waals surface area contributed by atoms with Crippen molar-refractivity contribution in [2.45, 2.75) is 32.7 Å². The zero-order chi connectivity index (χ0) is 21.0. The van der Waals surface area contributed by atoms with Crippen molar-refractivity contribution < 1.29 is 14.5 Å². The number of benzene rings is 1. The summed E-state index contributed by atoms with van der Waals surface area (Å²) in [6.07, 6.45) is 5.55. The van der Waals surface area contributed by atoms with Gasteiger partial charge in [-0.2, -0.15) is 0 Å². The molecule has 0 aliphatic rings. The molecule has 0 atom stereocenters. The van der Waals surface area contributed by atoms with Crippen molar-refractivity contribution in [2.75, 3.05) is 6.61 Å². The SMILES string of the molecule is CCOC(=O)CCCCn1c(=O)c(=O)[nH]c2cc([N+](=O)[O-])c(-n3ccnc3)cc21. The molecule has 29 heavy (non-hydrogen) atoms. The average Bonchev–Trinajstić information content (AvgIpc) is 3.21. The van der Waals surface area contributed by atoms with E-state index in [0.29, 0.717) is 25.0 Å². The molecule has 152 valence electrons. The number of imidazole rings is 1. The first-order valence-electron chi connectivity index (χ1n) is 9.01. The van der Waals surface area contributed by atoms with Gasteiger partial charge in [0, 0.05) is 31.4 Å². The summed E-state index contributed by atoms with van der Waals surface area (Å²) in [6, 6.07) is 2.69. The molecule has 0 aliphatic carbocycles. The minimum Gasteiger partial charge on any atom is -0.466 e. The van der Waals surface area contributed by atoms with E-state index in [4.69, 9.17) is 4.74 Å². The molecule has 0 bridgehead atoms. The molecule has 0 saturated heterocycles. The van der Waals surface area contributed by atoms with E-state index in [1.165, 1.54) is 33.8 Å². The molecular weight excluding hydrogens is 382 g/mol. The highest BCUT2D eigenvalue weighted by Gasteiger charge is 2.19. The van der Waals surface area contributed by atoms with Gasteiger partial charge in [0.05, 0.1) is 28.9 Å². The van der Waals surface area contributed by atoms with Crippen LogP contribution in [0.2, 0.25) is 0 Å². The smallest absolute Gasteiger partial charge is 0.316 e. The van der Waals surface area contributed by atoms with Crippen LogP contribution in [0.4, 0.5) is 5.69 Å². The number of nitro groups is 1. The van der Waals surface area contributed by atoms with Crippen LogP contribution in [-0.4, -0.2) is 36.6 Å². The van der Waals surface area contributed by atoms with Crippen LogP contribution in [0.25, 0.3) is 16.7 Å². The molecular formula is C18H19N5O6. The van der Waals surface area contributed by atoms with Gasteiger partial charge in [-0.25, -0.2) is 4.98 Å². The topological polar surface area (TPSA) is 142 Å². The van der Waals surface area contributed by atoms with Crippen molar-refractivity contribution in [1.29, 1.82) is 0 Å². The van der Waals surface area contributed by atoms with Crippen LogP contribution in [0.3, 0.4) is 0 Å². The van der Waals surface area contributed by atoms with Crippen LogP contribution in [0.5, 0.6) is 0 Å². The van der Waals surface area contributed by atoms with Gasteiger partial charge in [-0.1, -0.05) is 0 Å². The minimum atomic E-state index is -0.868. The second-order valence-electron chi connectivity index (χ2n) is 6.26. The fourth-order valence-corrected chi connectivity index (χ4v) is 3.05. The molecule has 2 heterocycles. The lowest BCUT2D eigenvalue weighted by Crippen LogP contribution is -2.36. The number of hydrogen-bond donors (Lipinski definition) is 1. The molecule has 11 heteroatoms. The molecule has 0 saturated carbocycles. The van der Waals surface area contributed by atoms with Crippen molar-refractivity contribution in [3.8, 4) is 5.69 Å². The van der Waals surface area contributed by atoms with Crippen LogP contribution in [0.1, 0.15) is 26.2 Å². The van der Waals surface area contributed by atoms with E-state index in [9.17, 15) is 24.5 Å². The largest absolute Gasteiger partial charge is 0.466 e. The van der Waals surface area contributed by atoms with Crippen LogP contribution < -0.4 is 11.1 Å². The van der Waals surface area contributed by atoms with Crippen LogP contribution >= 0.6 is 0 Å². The summed E-state index contributed by atoms with van der Waals surface area (Å²) in [5.41, 5.74) is -1.13. The molecule has 0 spiro atoms. The number of unbranched alkanes of at least 4 members (excludes halogenated alkanes) is 1. The number of rotatable bonds is 8. The van der Waals surface area contributed by atoms with E-state index >= 15 is 0 Å². The lowest BCUT2D eigenvalue weighted by molar-refractivity contribution is -0.384. The van der Waals surface area contributed by atoms with Gasteiger partial charge >= 0.3 is 17.1 Å². The number of nitro benzene ring substituents is 1. The third-order valence-electron chi connectivity index (χ3n) is 4.37. The van der Waals surface area contributed by atoms with Gasteiger partial charge < -0.3 is 18.9 Å². The standard InChI is InChI=1S/C18H19N5O6/c1-2-29-16(24)5-3-4-7-22-13-10-14(21-8-6-19-11-21)15(23(27)28)9-12(13)20-17(25)18(22)26/h6,8-11H,2-5,7H2,1H3,(H,20,25). The third-order valence-corrected chi connectivity index (χ3v) is 4.37. The molecule has 3 rings (SSSR count). The van der Waals surface area contributed by atoms with E-state index in [0.717, 1.165) is 0 Å². The number of ether oxygens (including phenoxy) is 1. The Labute approximate surface area is 163 Å². The first-order valence-corrected chi connectivity index (χ1v) is 9.01.